The molecule has 3 rings (SSSR count). The molecule has 0 bridgehead atoms. The monoisotopic (exact) mass is 373 g/mol. The van der Waals surface area contributed by atoms with Gasteiger partial charge in [-0.2, -0.15) is 4.31 Å². The number of hydrogen-bond acceptors (Lipinski definition) is 4. The second-order valence-electron chi connectivity index (χ2n) is 6.48. The maximum Gasteiger partial charge on any atom is 0.243 e. The average molecular weight is 373 g/mol. The summed E-state index contributed by atoms with van der Waals surface area (Å²) in [6.45, 7) is 2.95. The third kappa shape index (κ3) is 3.95. The van der Waals surface area contributed by atoms with E-state index in [1.807, 2.05) is 37.4 Å². The maximum absolute atomic E-state index is 13.0. The van der Waals surface area contributed by atoms with Crippen LogP contribution in [0.25, 0.3) is 0 Å². The first-order chi connectivity index (χ1) is 12.4. The summed E-state index contributed by atoms with van der Waals surface area (Å²) in [6.07, 6.45) is 0. The van der Waals surface area contributed by atoms with Gasteiger partial charge in [0.15, 0.2) is 0 Å². The summed E-state index contributed by atoms with van der Waals surface area (Å²) in [4.78, 5) is 13.5. The Bertz CT molecular complexity index is 867. The van der Waals surface area contributed by atoms with Gasteiger partial charge in [0.25, 0.3) is 0 Å². The lowest BCUT2D eigenvalue weighted by molar-refractivity contribution is -0.114. The van der Waals surface area contributed by atoms with Crippen LogP contribution in [0.1, 0.15) is 18.5 Å². The van der Waals surface area contributed by atoms with Gasteiger partial charge in [-0.1, -0.05) is 30.3 Å². The van der Waals surface area contributed by atoms with E-state index in [4.69, 9.17) is 0 Å². The summed E-state index contributed by atoms with van der Waals surface area (Å²) in [5, 5.41) is 2.64. The molecule has 1 saturated heterocycles. The van der Waals surface area contributed by atoms with Crippen molar-refractivity contribution >= 4 is 21.6 Å². The molecule has 1 aliphatic heterocycles. The van der Waals surface area contributed by atoms with Gasteiger partial charge in [0.2, 0.25) is 15.9 Å². The number of sulfonamides is 1. The van der Waals surface area contributed by atoms with Crippen LogP contribution in [0.5, 0.6) is 0 Å². The minimum absolute atomic E-state index is 0.0263. The van der Waals surface area contributed by atoms with Crippen LogP contribution in [0, 0.1) is 0 Å². The van der Waals surface area contributed by atoms with Crippen LogP contribution in [0.15, 0.2) is 59.5 Å². The Hall–Kier alpha value is -2.22. The van der Waals surface area contributed by atoms with Gasteiger partial charge in [-0.3, -0.25) is 9.69 Å². The minimum atomic E-state index is -3.58. The lowest BCUT2D eigenvalue weighted by Crippen LogP contribution is -2.48. The maximum atomic E-state index is 13.0. The number of rotatable bonds is 4. The second kappa shape index (κ2) is 7.57. The number of piperazine rings is 1. The van der Waals surface area contributed by atoms with Crippen molar-refractivity contribution in [3.8, 4) is 0 Å². The van der Waals surface area contributed by atoms with Crippen LogP contribution in [-0.4, -0.2) is 50.2 Å². The molecule has 0 saturated carbocycles. The molecular formula is C19H23N3O3S. The molecule has 1 N–H and O–H groups in total. The van der Waals surface area contributed by atoms with Crippen LogP contribution in [-0.2, 0) is 14.8 Å². The smallest absolute Gasteiger partial charge is 0.243 e. The molecular weight excluding hydrogens is 350 g/mol. The van der Waals surface area contributed by atoms with E-state index in [2.05, 4.69) is 10.2 Å². The fraction of sp³-hybridized carbons (Fsp3) is 0.316. The number of likely N-dealkylation sites (N-methyl/N-ethyl adjacent to an activating group) is 1. The Morgan fingerprint density at radius 2 is 1.69 bits per heavy atom. The number of carbonyl (C=O) groups excluding carboxylic acids is 1. The second-order valence-corrected chi connectivity index (χ2v) is 8.41. The summed E-state index contributed by atoms with van der Waals surface area (Å²) < 4.78 is 27.6. The lowest BCUT2D eigenvalue weighted by Gasteiger charge is -2.39. The fourth-order valence-corrected chi connectivity index (χ4v) is 4.60. The minimum Gasteiger partial charge on any atom is -0.326 e. The molecule has 26 heavy (non-hydrogen) atoms. The third-order valence-electron chi connectivity index (χ3n) is 4.61. The summed E-state index contributed by atoms with van der Waals surface area (Å²) >= 11 is 0. The van der Waals surface area contributed by atoms with Crippen LogP contribution in [0.4, 0.5) is 5.69 Å². The molecule has 0 spiro atoms. The number of benzene rings is 2. The lowest BCUT2D eigenvalue weighted by atomic mass is 10.0. The van der Waals surface area contributed by atoms with E-state index in [1.54, 1.807) is 12.1 Å². The standard InChI is InChI=1S/C19H23N3O3S/c1-15(23)20-17-8-10-18(11-9-17)26(24,25)22-13-12-21(2)19(14-22)16-6-4-3-5-7-16/h3-11,19H,12-14H2,1-2H3,(H,20,23). The van der Waals surface area contributed by atoms with E-state index >= 15 is 0 Å². The largest absolute Gasteiger partial charge is 0.326 e. The Morgan fingerprint density at radius 3 is 2.31 bits per heavy atom. The van der Waals surface area contributed by atoms with Gasteiger partial charge < -0.3 is 5.32 Å². The number of hydrogen-bond donors (Lipinski definition) is 1. The summed E-state index contributed by atoms with van der Waals surface area (Å²) in [7, 11) is -1.56. The summed E-state index contributed by atoms with van der Waals surface area (Å²) in [6, 6.07) is 16.3. The zero-order valence-corrected chi connectivity index (χ0v) is 15.7. The van der Waals surface area contributed by atoms with Gasteiger partial charge in [0.05, 0.1) is 4.90 Å². The molecule has 0 aliphatic carbocycles. The molecule has 0 radical (unpaired) electrons. The molecule has 7 heteroatoms. The molecule has 1 amide bonds. The van der Waals surface area contributed by atoms with Crippen LogP contribution < -0.4 is 5.32 Å². The third-order valence-corrected chi connectivity index (χ3v) is 6.49. The first-order valence-electron chi connectivity index (χ1n) is 8.51. The number of carbonyl (C=O) groups is 1. The average Bonchev–Trinajstić information content (AvgIpc) is 2.62. The van der Waals surface area contributed by atoms with Crippen molar-refractivity contribution in [3.63, 3.8) is 0 Å². The molecule has 1 heterocycles. The molecule has 1 atom stereocenters. The van der Waals surface area contributed by atoms with Gasteiger partial charge in [0.1, 0.15) is 0 Å². The van der Waals surface area contributed by atoms with Crippen LogP contribution in [0.2, 0.25) is 0 Å². The molecule has 1 fully saturated rings. The Balaban J connectivity index is 1.81. The Morgan fingerprint density at radius 1 is 1.04 bits per heavy atom. The molecule has 138 valence electrons. The fourth-order valence-electron chi connectivity index (χ4n) is 3.16. The number of amides is 1. The van der Waals surface area contributed by atoms with Gasteiger partial charge in [0, 0.05) is 38.3 Å². The van der Waals surface area contributed by atoms with Crippen molar-refractivity contribution in [1.29, 1.82) is 0 Å². The SMILES string of the molecule is CC(=O)Nc1ccc(S(=O)(=O)N2CCN(C)C(c3ccccc3)C2)cc1. The van der Waals surface area contributed by atoms with Crippen LogP contribution >= 0.6 is 0 Å². The predicted molar refractivity (Wildman–Crippen MR) is 101 cm³/mol. The van der Waals surface area contributed by atoms with Crippen molar-refractivity contribution in [3.05, 3.63) is 60.2 Å². The van der Waals surface area contributed by atoms with E-state index < -0.39 is 10.0 Å². The van der Waals surface area contributed by atoms with E-state index in [-0.39, 0.29) is 16.8 Å². The highest BCUT2D eigenvalue weighted by atomic mass is 32.2. The highest BCUT2D eigenvalue weighted by Crippen LogP contribution is 2.28. The van der Waals surface area contributed by atoms with E-state index in [9.17, 15) is 13.2 Å². The van der Waals surface area contributed by atoms with E-state index in [1.165, 1.54) is 23.4 Å². The number of nitrogens with one attached hydrogen (secondary N) is 1. The first-order valence-corrected chi connectivity index (χ1v) is 9.95. The first kappa shape index (κ1) is 18.6. The molecule has 6 nitrogen and oxygen atoms in total. The predicted octanol–water partition coefficient (Wildman–Crippen LogP) is 2.32. The number of nitrogens with zero attached hydrogens (tertiary/aromatic N) is 2. The Kier molecular flexibility index (Phi) is 5.41. The van der Waals surface area contributed by atoms with Gasteiger partial charge in [-0.25, -0.2) is 8.42 Å². The van der Waals surface area contributed by atoms with Gasteiger partial charge in [-0.05, 0) is 36.9 Å². The molecule has 1 aliphatic rings. The molecule has 2 aromatic rings. The zero-order chi connectivity index (χ0) is 18.7. The molecule has 1 unspecified atom stereocenters. The quantitative estimate of drug-likeness (QED) is 0.893. The summed E-state index contributed by atoms with van der Waals surface area (Å²) in [5.74, 6) is -0.189. The molecule has 2 aromatic carbocycles. The van der Waals surface area contributed by atoms with Crippen LogP contribution in [0.3, 0.4) is 0 Å². The van der Waals surface area contributed by atoms with Crippen molar-refractivity contribution in [2.24, 2.45) is 0 Å². The van der Waals surface area contributed by atoms with Crippen molar-refractivity contribution in [1.82, 2.24) is 9.21 Å². The van der Waals surface area contributed by atoms with Crippen molar-refractivity contribution in [2.45, 2.75) is 17.9 Å². The van der Waals surface area contributed by atoms with Gasteiger partial charge >= 0.3 is 0 Å². The highest BCUT2D eigenvalue weighted by Gasteiger charge is 2.33. The van der Waals surface area contributed by atoms with Crippen molar-refractivity contribution in [2.75, 3.05) is 32.0 Å². The normalized spacial score (nSPS) is 19.2. The number of anilines is 1. The summed E-state index contributed by atoms with van der Waals surface area (Å²) in [5.41, 5.74) is 1.69. The molecule has 0 aromatic heterocycles. The highest BCUT2D eigenvalue weighted by molar-refractivity contribution is 7.89. The van der Waals surface area contributed by atoms with E-state index in [0.29, 0.717) is 25.3 Å². The topological polar surface area (TPSA) is 69.7 Å². The van der Waals surface area contributed by atoms with E-state index in [0.717, 1.165) is 5.56 Å². The van der Waals surface area contributed by atoms with Crippen molar-refractivity contribution < 1.29 is 13.2 Å². The zero-order valence-electron chi connectivity index (χ0n) is 14.9. The van der Waals surface area contributed by atoms with Gasteiger partial charge in [-0.15, -0.1) is 0 Å². The Labute approximate surface area is 154 Å².